The summed E-state index contributed by atoms with van der Waals surface area (Å²) < 4.78 is 5.43. The quantitative estimate of drug-likeness (QED) is 0.808. The van der Waals surface area contributed by atoms with Crippen molar-refractivity contribution in [3.05, 3.63) is 29.5 Å². The van der Waals surface area contributed by atoms with Crippen LogP contribution in [0.3, 0.4) is 0 Å². The average molecular weight is 205 g/mol. The van der Waals surface area contributed by atoms with Crippen molar-refractivity contribution in [2.45, 2.75) is 20.5 Å². The summed E-state index contributed by atoms with van der Waals surface area (Å²) >= 11 is 0. The van der Waals surface area contributed by atoms with E-state index in [4.69, 9.17) is 4.74 Å². The van der Waals surface area contributed by atoms with Gasteiger partial charge in [-0.25, -0.2) is 0 Å². The topological polar surface area (TPSA) is 45.2 Å². The van der Waals surface area contributed by atoms with Crippen LogP contribution in [-0.4, -0.2) is 16.7 Å². The van der Waals surface area contributed by atoms with E-state index in [0.717, 1.165) is 27.9 Å². The number of aliphatic hydroxyl groups excluding tert-OH is 1. The first-order valence-electron chi connectivity index (χ1n) is 5.11. The maximum absolute atomic E-state index is 9.27. The molecule has 0 aliphatic rings. The SMILES string of the molecule is CCOc1ccc2[nH]c(C)c(CO)c2c1. The number of ether oxygens (including phenoxy) is 1. The summed E-state index contributed by atoms with van der Waals surface area (Å²) in [5.41, 5.74) is 3.01. The van der Waals surface area contributed by atoms with E-state index >= 15 is 0 Å². The van der Waals surface area contributed by atoms with Crippen LogP contribution in [0.25, 0.3) is 10.9 Å². The van der Waals surface area contributed by atoms with Crippen molar-refractivity contribution in [2.75, 3.05) is 6.61 Å². The molecule has 2 N–H and O–H groups in total. The Kier molecular flexibility index (Phi) is 2.64. The van der Waals surface area contributed by atoms with Crippen LogP contribution in [0, 0.1) is 6.92 Å². The molecule has 2 rings (SSSR count). The van der Waals surface area contributed by atoms with Gasteiger partial charge in [0.25, 0.3) is 0 Å². The van der Waals surface area contributed by atoms with Crippen molar-refractivity contribution in [3.8, 4) is 5.75 Å². The second-order valence-electron chi connectivity index (χ2n) is 3.53. The van der Waals surface area contributed by atoms with Gasteiger partial charge in [0.2, 0.25) is 0 Å². The van der Waals surface area contributed by atoms with Crippen LogP contribution >= 0.6 is 0 Å². The molecule has 80 valence electrons. The summed E-state index contributed by atoms with van der Waals surface area (Å²) in [6.45, 7) is 4.64. The number of nitrogens with one attached hydrogen (secondary N) is 1. The van der Waals surface area contributed by atoms with E-state index in [1.165, 1.54) is 0 Å². The van der Waals surface area contributed by atoms with Gasteiger partial charge in [0, 0.05) is 22.2 Å². The fourth-order valence-electron chi connectivity index (χ4n) is 1.82. The third-order valence-electron chi connectivity index (χ3n) is 2.56. The lowest BCUT2D eigenvalue weighted by atomic mass is 10.1. The molecule has 1 aromatic heterocycles. The van der Waals surface area contributed by atoms with E-state index in [1.807, 2.05) is 32.0 Å². The average Bonchev–Trinajstić information content (AvgIpc) is 2.53. The van der Waals surface area contributed by atoms with E-state index < -0.39 is 0 Å². The highest BCUT2D eigenvalue weighted by atomic mass is 16.5. The summed E-state index contributed by atoms with van der Waals surface area (Å²) in [5.74, 6) is 0.846. The van der Waals surface area contributed by atoms with Crippen LogP contribution in [-0.2, 0) is 6.61 Å². The molecule has 3 heteroatoms. The van der Waals surface area contributed by atoms with E-state index in [-0.39, 0.29) is 6.61 Å². The number of H-pyrrole nitrogens is 1. The Morgan fingerprint density at radius 1 is 1.40 bits per heavy atom. The number of aliphatic hydroxyl groups is 1. The van der Waals surface area contributed by atoms with Gasteiger partial charge in [0.05, 0.1) is 13.2 Å². The zero-order valence-corrected chi connectivity index (χ0v) is 9.00. The van der Waals surface area contributed by atoms with Crippen LogP contribution in [0.1, 0.15) is 18.2 Å². The molecule has 0 aliphatic heterocycles. The first-order chi connectivity index (χ1) is 7.26. The summed E-state index contributed by atoms with van der Waals surface area (Å²) in [6.07, 6.45) is 0. The Labute approximate surface area is 88.7 Å². The largest absolute Gasteiger partial charge is 0.494 e. The van der Waals surface area contributed by atoms with Gasteiger partial charge in [-0.15, -0.1) is 0 Å². The van der Waals surface area contributed by atoms with Gasteiger partial charge in [-0.05, 0) is 32.0 Å². The molecule has 1 aromatic carbocycles. The van der Waals surface area contributed by atoms with E-state index in [9.17, 15) is 5.11 Å². The minimum absolute atomic E-state index is 0.0570. The molecule has 3 nitrogen and oxygen atoms in total. The Bertz CT molecular complexity index is 474. The van der Waals surface area contributed by atoms with E-state index in [1.54, 1.807) is 0 Å². The second-order valence-corrected chi connectivity index (χ2v) is 3.53. The fraction of sp³-hybridized carbons (Fsp3) is 0.333. The Balaban J connectivity index is 2.57. The van der Waals surface area contributed by atoms with Crippen molar-refractivity contribution >= 4 is 10.9 Å². The van der Waals surface area contributed by atoms with Crippen molar-refractivity contribution in [3.63, 3.8) is 0 Å². The summed E-state index contributed by atoms with van der Waals surface area (Å²) in [4.78, 5) is 3.23. The van der Waals surface area contributed by atoms with Crippen molar-refractivity contribution in [1.82, 2.24) is 4.98 Å². The third kappa shape index (κ3) is 1.70. The molecule has 0 spiro atoms. The van der Waals surface area contributed by atoms with Gasteiger partial charge in [-0.2, -0.15) is 0 Å². The number of benzene rings is 1. The van der Waals surface area contributed by atoms with Crippen LogP contribution < -0.4 is 4.74 Å². The molecule has 0 aliphatic carbocycles. The minimum Gasteiger partial charge on any atom is -0.494 e. The van der Waals surface area contributed by atoms with Crippen LogP contribution in [0.4, 0.5) is 0 Å². The van der Waals surface area contributed by atoms with Crippen molar-refractivity contribution in [2.24, 2.45) is 0 Å². The lowest BCUT2D eigenvalue weighted by Gasteiger charge is -2.02. The number of rotatable bonds is 3. The first-order valence-corrected chi connectivity index (χ1v) is 5.11. The van der Waals surface area contributed by atoms with Gasteiger partial charge in [-0.3, -0.25) is 0 Å². The highest BCUT2D eigenvalue weighted by molar-refractivity contribution is 5.85. The first kappa shape index (κ1) is 10.1. The number of fused-ring (bicyclic) bond motifs is 1. The third-order valence-corrected chi connectivity index (χ3v) is 2.56. The van der Waals surface area contributed by atoms with E-state index in [0.29, 0.717) is 6.61 Å². The smallest absolute Gasteiger partial charge is 0.120 e. The minimum atomic E-state index is 0.0570. The number of aryl methyl sites for hydroxylation is 1. The predicted octanol–water partition coefficient (Wildman–Crippen LogP) is 2.37. The Hall–Kier alpha value is -1.48. The van der Waals surface area contributed by atoms with Gasteiger partial charge >= 0.3 is 0 Å². The molecule has 0 radical (unpaired) electrons. The number of hydrogen-bond donors (Lipinski definition) is 2. The maximum Gasteiger partial charge on any atom is 0.120 e. The molecule has 0 amide bonds. The van der Waals surface area contributed by atoms with Gasteiger partial charge in [0.15, 0.2) is 0 Å². The Morgan fingerprint density at radius 3 is 2.87 bits per heavy atom. The van der Waals surface area contributed by atoms with Crippen molar-refractivity contribution < 1.29 is 9.84 Å². The van der Waals surface area contributed by atoms with Gasteiger partial charge < -0.3 is 14.8 Å². The fourth-order valence-corrected chi connectivity index (χ4v) is 1.82. The second kappa shape index (κ2) is 3.95. The summed E-state index contributed by atoms with van der Waals surface area (Å²) in [6, 6.07) is 5.88. The summed E-state index contributed by atoms with van der Waals surface area (Å²) in [7, 11) is 0. The molecule has 1 heterocycles. The highest BCUT2D eigenvalue weighted by Crippen LogP contribution is 2.26. The molecule has 15 heavy (non-hydrogen) atoms. The molecular weight excluding hydrogens is 190 g/mol. The van der Waals surface area contributed by atoms with Crippen LogP contribution in [0.2, 0.25) is 0 Å². The lowest BCUT2D eigenvalue weighted by Crippen LogP contribution is -1.91. The maximum atomic E-state index is 9.27. The summed E-state index contributed by atoms with van der Waals surface area (Å²) in [5, 5.41) is 10.3. The van der Waals surface area contributed by atoms with Crippen LogP contribution in [0.5, 0.6) is 5.75 Å². The predicted molar refractivity (Wildman–Crippen MR) is 60.1 cm³/mol. The number of hydrogen-bond acceptors (Lipinski definition) is 2. The standard InChI is InChI=1S/C12H15NO2/c1-3-15-9-4-5-12-10(6-9)11(7-14)8(2)13-12/h4-6,13-14H,3,7H2,1-2H3. The number of aromatic nitrogens is 1. The lowest BCUT2D eigenvalue weighted by molar-refractivity contribution is 0.282. The molecule has 0 saturated heterocycles. The van der Waals surface area contributed by atoms with Crippen molar-refractivity contribution in [1.29, 1.82) is 0 Å². The molecular formula is C12H15NO2. The normalized spacial score (nSPS) is 10.9. The van der Waals surface area contributed by atoms with Gasteiger partial charge in [-0.1, -0.05) is 0 Å². The molecule has 0 unspecified atom stereocenters. The van der Waals surface area contributed by atoms with E-state index in [2.05, 4.69) is 4.98 Å². The van der Waals surface area contributed by atoms with Crippen LogP contribution in [0.15, 0.2) is 18.2 Å². The Morgan fingerprint density at radius 2 is 2.20 bits per heavy atom. The highest BCUT2D eigenvalue weighted by Gasteiger charge is 2.07. The van der Waals surface area contributed by atoms with Gasteiger partial charge in [0.1, 0.15) is 5.75 Å². The zero-order valence-electron chi connectivity index (χ0n) is 9.00. The molecule has 0 fully saturated rings. The molecule has 0 saturated carbocycles. The monoisotopic (exact) mass is 205 g/mol. The zero-order chi connectivity index (χ0) is 10.8. The molecule has 0 atom stereocenters. The molecule has 0 bridgehead atoms. The number of aromatic amines is 1. The molecule has 2 aromatic rings.